The molecular weight excluding hydrogens is 350 g/mol. The average molecular weight is 373 g/mol. The highest BCUT2D eigenvalue weighted by atomic mass is 16.2. The van der Waals surface area contributed by atoms with Gasteiger partial charge in [0.15, 0.2) is 0 Å². The number of aromatic nitrogens is 2. The lowest BCUT2D eigenvalue weighted by molar-refractivity contribution is -0.123. The highest BCUT2D eigenvalue weighted by Crippen LogP contribution is 2.38. The lowest BCUT2D eigenvalue weighted by atomic mass is 9.74. The Morgan fingerprint density at radius 1 is 0.964 bits per heavy atom. The molecule has 0 bridgehead atoms. The van der Waals surface area contributed by atoms with Gasteiger partial charge in [-0.3, -0.25) is 9.59 Å². The smallest absolute Gasteiger partial charge is 0.233 e. The summed E-state index contributed by atoms with van der Waals surface area (Å²) in [4.78, 5) is 27.7. The first-order chi connectivity index (χ1) is 13.3. The zero-order valence-corrected chi connectivity index (χ0v) is 16.6. The quantitative estimate of drug-likeness (QED) is 0.653. The molecule has 2 aromatic carbocycles. The van der Waals surface area contributed by atoms with E-state index in [1.807, 2.05) is 87.4 Å². The van der Waals surface area contributed by atoms with E-state index in [2.05, 4.69) is 0 Å². The number of ketones is 2. The number of hydrogen-bond donors (Lipinski definition) is 0. The summed E-state index contributed by atoms with van der Waals surface area (Å²) in [5.74, 6) is -0.793. The molecule has 1 heterocycles. The Labute approximate surface area is 164 Å². The van der Waals surface area contributed by atoms with Crippen LogP contribution in [0.3, 0.4) is 0 Å². The molecule has 142 valence electrons. The summed E-state index contributed by atoms with van der Waals surface area (Å²) in [7, 11) is 3.96. The zero-order valence-electron chi connectivity index (χ0n) is 16.6. The molecule has 0 saturated heterocycles. The summed E-state index contributed by atoms with van der Waals surface area (Å²) in [6.45, 7) is 3.62. The van der Waals surface area contributed by atoms with Crippen molar-refractivity contribution in [2.24, 2.45) is 5.41 Å². The van der Waals surface area contributed by atoms with Crippen molar-refractivity contribution in [1.82, 2.24) is 9.78 Å². The van der Waals surface area contributed by atoms with Crippen molar-refractivity contribution in [3.05, 3.63) is 65.9 Å². The van der Waals surface area contributed by atoms with Gasteiger partial charge in [0.2, 0.25) is 11.6 Å². The lowest BCUT2D eigenvalue weighted by Gasteiger charge is -2.25. The first-order valence-electron chi connectivity index (χ1n) is 9.34. The predicted octanol–water partition coefficient (Wildman–Crippen LogP) is 3.94. The number of anilines is 1. The van der Waals surface area contributed by atoms with Crippen LogP contribution in [0.5, 0.6) is 0 Å². The van der Waals surface area contributed by atoms with Gasteiger partial charge in [0, 0.05) is 37.2 Å². The summed E-state index contributed by atoms with van der Waals surface area (Å²) >= 11 is 0. The van der Waals surface area contributed by atoms with Gasteiger partial charge >= 0.3 is 0 Å². The van der Waals surface area contributed by atoms with Crippen LogP contribution in [0.15, 0.2) is 54.6 Å². The topological polar surface area (TPSA) is 55.2 Å². The van der Waals surface area contributed by atoms with Crippen molar-refractivity contribution < 1.29 is 9.59 Å². The molecule has 0 atom stereocenters. The number of carbonyl (C=O) groups excluding carboxylic acids is 2. The average Bonchev–Trinajstić information content (AvgIpc) is 3.05. The van der Waals surface area contributed by atoms with E-state index in [4.69, 9.17) is 5.10 Å². The molecule has 0 radical (unpaired) electrons. The minimum Gasteiger partial charge on any atom is -0.378 e. The lowest BCUT2D eigenvalue weighted by Crippen LogP contribution is -2.38. The number of para-hydroxylation sites is 1. The van der Waals surface area contributed by atoms with Crippen LogP contribution in [-0.2, 0) is 11.2 Å². The molecule has 4 rings (SSSR count). The fraction of sp³-hybridized carbons (Fsp3) is 0.261. The van der Waals surface area contributed by atoms with Gasteiger partial charge in [-0.2, -0.15) is 5.10 Å². The fourth-order valence-corrected chi connectivity index (χ4v) is 3.69. The SMILES string of the molecule is CN(C)c1ccc(-c2c3c(nn2-c2ccccc2)CC(C)(C)C(=O)C3=O)cc1. The van der Waals surface area contributed by atoms with E-state index in [0.717, 1.165) is 16.9 Å². The van der Waals surface area contributed by atoms with Crippen LogP contribution in [0.4, 0.5) is 5.69 Å². The van der Waals surface area contributed by atoms with Gasteiger partial charge in [-0.05, 0) is 24.3 Å². The molecule has 0 saturated carbocycles. The van der Waals surface area contributed by atoms with Gasteiger partial charge in [-0.25, -0.2) is 4.68 Å². The first-order valence-corrected chi connectivity index (χ1v) is 9.34. The Balaban J connectivity index is 1.97. The first kappa shape index (κ1) is 18.2. The van der Waals surface area contributed by atoms with Crippen molar-refractivity contribution in [2.75, 3.05) is 19.0 Å². The minimum atomic E-state index is -0.730. The van der Waals surface area contributed by atoms with Gasteiger partial charge in [-0.1, -0.05) is 44.2 Å². The van der Waals surface area contributed by atoms with Crippen LogP contribution in [0.2, 0.25) is 0 Å². The van der Waals surface area contributed by atoms with Gasteiger partial charge in [0.05, 0.1) is 22.6 Å². The summed E-state index contributed by atoms with van der Waals surface area (Å²) in [5.41, 5.74) is 3.86. The molecule has 0 fully saturated rings. The second-order valence-corrected chi connectivity index (χ2v) is 8.08. The third kappa shape index (κ3) is 2.83. The summed E-state index contributed by atoms with van der Waals surface area (Å²) < 4.78 is 1.79. The number of benzene rings is 2. The van der Waals surface area contributed by atoms with E-state index in [1.165, 1.54) is 0 Å². The number of nitrogens with zero attached hydrogens (tertiary/aromatic N) is 3. The molecule has 1 aromatic heterocycles. The minimum absolute atomic E-state index is 0.348. The van der Waals surface area contributed by atoms with Gasteiger partial charge in [-0.15, -0.1) is 0 Å². The van der Waals surface area contributed by atoms with Crippen molar-refractivity contribution in [2.45, 2.75) is 20.3 Å². The van der Waals surface area contributed by atoms with E-state index in [1.54, 1.807) is 4.68 Å². The van der Waals surface area contributed by atoms with Crippen molar-refractivity contribution in [1.29, 1.82) is 0 Å². The van der Waals surface area contributed by atoms with E-state index in [-0.39, 0.29) is 5.78 Å². The molecule has 5 heteroatoms. The molecular formula is C23H23N3O2. The van der Waals surface area contributed by atoms with Gasteiger partial charge in [0.25, 0.3) is 0 Å². The molecule has 5 nitrogen and oxygen atoms in total. The highest BCUT2D eigenvalue weighted by molar-refractivity contribution is 6.47. The van der Waals surface area contributed by atoms with Crippen LogP contribution < -0.4 is 4.90 Å². The number of carbonyl (C=O) groups is 2. The second kappa shape index (κ2) is 6.44. The van der Waals surface area contributed by atoms with Crippen LogP contribution in [-0.4, -0.2) is 35.4 Å². The molecule has 0 unspecified atom stereocenters. The number of hydrogen-bond acceptors (Lipinski definition) is 4. The maximum atomic E-state index is 13.0. The fourth-order valence-electron chi connectivity index (χ4n) is 3.69. The molecule has 3 aromatic rings. The number of rotatable bonds is 3. The van der Waals surface area contributed by atoms with Gasteiger partial charge in [0.1, 0.15) is 0 Å². The maximum absolute atomic E-state index is 13.0. The van der Waals surface area contributed by atoms with E-state index in [0.29, 0.717) is 23.4 Å². The second-order valence-electron chi connectivity index (χ2n) is 8.08. The third-order valence-corrected chi connectivity index (χ3v) is 5.27. The Morgan fingerprint density at radius 3 is 2.21 bits per heavy atom. The molecule has 1 aliphatic rings. The summed E-state index contributed by atoms with van der Waals surface area (Å²) in [6.07, 6.45) is 0.454. The highest BCUT2D eigenvalue weighted by Gasteiger charge is 2.43. The summed E-state index contributed by atoms with van der Waals surface area (Å²) in [5, 5.41) is 4.77. The van der Waals surface area contributed by atoms with Crippen molar-refractivity contribution in [3.8, 4) is 16.9 Å². The van der Waals surface area contributed by atoms with Crippen molar-refractivity contribution >= 4 is 17.3 Å². The van der Waals surface area contributed by atoms with Crippen LogP contribution >= 0.6 is 0 Å². The van der Waals surface area contributed by atoms with Gasteiger partial charge < -0.3 is 4.90 Å². The predicted molar refractivity (Wildman–Crippen MR) is 110 cm³/mol. The third-order valence-electron chi connectivity index (χ3n) is 5.27. The maximum Gasteiger partial charge on any atom is 0.233 e. The van der Waals surface area contributed by atoms with Crippen LogP contribution in [0, 0.1) is 5.41 Å². The molecule has 0 aliphatic heterocycles. The molecule has 1 aliphatic carbocycles. The standard InChI is InChI=1S/C23H23N3O2/c1-23(2)14-18-19(21(27)22(23)28)20(15-10-12-16(13-11-15)25(3)4)26(24-18)17-8-6-5-7-9-17/h5-13H,14H2,1-4H3. The van der Waals surface area contributed by atoms with Crippen LogP contribution in [0.25, 0.3) is 16.9 Å². The monoisotopic (exact) mass is 373 g/mol. The summed E-state index contributed by atoms with van der Waals surface area (Å²) in [6, 6.07) is 17.7. The Bertz CT molecular complexity index is 1060. The van der Waals surface area contributed by atoms with E-state index >= 15 is 0 Å². The Morgan fingerprint density at radius 2 is 1.61 bits per heavy atom. The molecule has 0 spiro atoms. The number of fused-ring (bicyclic) bond motifs is 1. The molecule has 0 N–H and O–H groups in total. The molecule has 28 heavy (non-hydrogen) atoms. The zero-order chi connectivity index (χ0) is 20.1. The van der Waals surface area contributed by atoms with E-state index in [9.17, 15) is 9.59 Å². The Kier molecular flexibility index (Phi) is 4.18. The largest absolute Gasteiger partial charge is 0.378 e. The normalized spacial score (nSPS) is 15.4. The van der Waals surface area contributed by atoms with Crippen LogP contribution in [0.1, 0.15) is 29.9 Å². The van der Waals surface area contributed by atoms with Crippen molar-refractivity contribution in [3.63, 3.8) is 0 Å². The Hall–Kier alpha value is -3.21. The molecule has 0 amide bonds. The number of Topliss-reactive ketones (excluding diaryl/α,β-unsaturated/α-hetero) is 2. The van der Waals surface area contributed by atoms with E-state index < -0.39 is 11.2 Å².